The van der Waals surface area contributed by atoms with E-state index in [1.165, 1.54) is 0 Å². The van der Waals surface area contributed by atoms with Crippen LogP contribution in [-0.2, 0) is 13.7 Å². The molecule has 8 heteroatoms. The van der Waals surface area contributed by atoms with Gasteiger partial charge >= 0.3 is 121 Å². The average Bonchev–Trinajstić information content (AvgIpc) is 3.22. The van der Waals surface area contributed by atoms with E-state index in [0.29, 0.717) is 5.75 Å². The Morgan fingerprint density at radius 2 is 1.71 bits per heavy atom. The van der Waals surface area contributed by atoms with Gasteiger partial charge in [-0.2, -0.15) is 0 Å². The van der Waals surface area contributed by atoms with Gasteiger partial charge in [-0.25, -0.2) is 0 Å². The molecule has 2 aromatic rings. The Balaban J connectivity index is 1.81. The minimum absolute atomic E-state index is 0.632. The molecule has 0 bridgehead atoms. The van der Waals surface area contributed by atoms with Gasteiger partial charge in [0.05, 0.1) is 0 Å². The second kappa shape index (κ2) is 4.22. The van der Waals surface area contributed by atoms with Crippen LogP contribution in [0.25, 0.3) is 11.1 Å². The van der Waals surface area contributed by atoms with E-state index in [1.54, 1.807) is 5.81 Å². The topological polar surface area (TPSA) is 87.5 Å². The summed E-state index contributed by atoms with van der Waals surface area (Å²) in [5.41, 5.74) is 1.88. The van der Waals surface area contributed by atoms with Crippen molar-refractivity contribution in [2.24, 2.45) is 0 Å². The van der Waals surface area contributed by atoms with E-state index < -0.39 is 15.9 Å². The zero-order chi connectivity index (χ0) is 14.5. The van der Waals surface area contributed by atoms with E-state index in [1.807, 2.05) is 48.5 Å². The molecule has 0 amide bonds. The number of nitrogens with zero attached hydrogens (tertiary/aromatic N) is 1. The Hall–Kier alpha value is -1.57. The summed E-state index contributed by atoms with van der Waals surface area (Å²) in [4.78, 5) is 10.1. The van der Waals surface area contributed by atoms with Gasteiger partial charge in [0.15, 0.2) is 0 Å². The molecule has 106 valence electrons. The molecule has 2 heterocycles. The van der Waals surface area contributed by atoms with Crippen LogP contribution in [0, 0.1) is 11.1 Å². The van der Waals surface area contributed by atoms with Crippen molar-refractivity contribution >= 4 is 21.2 Å². The van der Waals surface area contributed by atoms with E-state index in [2.05, 4.69) is 9.35 Å². The summed E-state index contributed by atoms with van der Waals surface area (Å²) in [5.74, 6) is 2.22. The van der Waals surface area contributed by atoms with Gasteiger partial charge in [0.2, 0.25) is 0 Å². The fourth-order valence-electron chi connectivity index (χ4n) is 2.08. The van der Waals surface area contributed by atoms with Crippen molar-refractivity contribution in [1.82, 2.24) is 0 Å². The molecule has 1 atom stereocenters. The van der Waals surface area contributed by atoms with Crippen molar-refractivity contribution < 1.29 is 23.1 Å². The van der Waals surface area contributed by atoms with Crippen LogP contribution in [0.1, 0.15) is 0 Å². The SMILES string of the molecule is N#CP1(O)(OP2Oc3ccccc3-c3ccccc32)OO1. The first kappa shape index (κ1) is 13.1. The number of hydrogen-bond donors (Lipinski definition) is 1. The molecule has 2 aromatic carbocycles. The fraction of sp³-hybridized carbons (Fsp3) is 0. The van der Waals surface area contributed by atoms with Crippen molar-refractivity contribution in [3.8, 4) is 22.7 Å². The Morgan fingerprint density at radius 1 is 1.05 bits per heavy atom. The molecule has 1 N–H and O–H groups in total. The van der Waals surface area contributed by atoms with E-state index >= 15 is 0 Å². The van der Waals surface area contributed by atoms with Crippen LogP contribution in [-0.4, -0.2) is 4.89 Å². The Labute approximate surface area is 121 Å². The Bertz CT molecular complexity index is 786. The van der Waals surface area contributed by atoms with Crippen LogP contribution in [0.2, 0.25) is 0 Å². The third-order valence-electron chi connectivity index (χ3n) is 3.12. The number of para-hydroxylation sites is 1. The summed E-state index contributed by atoms with van der Waals surface area (Å²) in [6.45, 7) is 0. The molecule has 1 unspecified atom stereocenters. The van der Waals surface area contributed by atoms with Gasteiger partial charge in [-0.05, 0) is 0 Å². The molecule has 2 aliphatic heterocycles. The normalized spacial score (nSPS) is 25.1. The molecule has 2 aliphatic rings. The first-order valence-corrected chi connectivity index (χ1v) is 9.18. The van der Waals surface area contributed by atoms with Crippen LogP contribution >= 0.6 is 15.9 Å². The van der Waals surface area contributed by atoms with Gasteiger partial charge in [0.1, 0.15) is 0 Å². The number of hydrogen-bond acceptors (Lipinski definition) is 6. The third kappa shape index (κ3) is 2.04. The zero-order valence-electron chi connectivity index (χ0n) is 10.5. The van der Waals surface area contributed by atoms with Crippen LogP contribution in [0.5, 0.6) is 5.75 Å². The Kier molecular flexibility index (Phi) is 2.64. The monoisotopic (exact) mass is 321 g/mol. The molecule has 0 radical (unpaired) electrons. The molecular weight excluding hydrogens is 312 g/mol. The number of rotatable bonds is 2. The zero-order valence-corrected chi connectivity index (χ0v) is 12.3. The maximum absolute atomic E-state index is 10.1. The summed E-state index contributed by atoms with van der Waals surface area (Å²) >= 11 is 0. The standard InChI is InChI=1S/C13H9NO5P2/c14-9-21(15,17-18-21)19-20-13-8-4-2-6-11(13)10-5-1-3-7-12(10)16-20/h1-8,15H. The molecule has 4 rings (SSSR count). The predicted molar refractivity (Wildman–Crippen MR) is 77.1 cm³/mol. The van der Waals surface area contributed by atoms with Gasteiger partial charge in [0.25, 0.3) is 0 Å². The van der Waals surface area contributed by atoms with Crippen molar-refractivity contribution in [1.29, 1.82) is 5.26 Å². The van der Waals surface area contributed by atoms with Gasteiger partial charge in [-0.3, -0.25) is 0 Å². The Morgan fingerprint density at radius 3 is 2.43 bits per heavy atom. The fourth-order valence-corrected chi connectivity index (χ4v) is 5.44. The van der Waals surface area contributed by atoms with Crippen LogP contribution in [0.3, 0.4) is 0 Å². The summed E-state index contributed by atoms with van der Waals surface area (Å²) < 4.78 is 20.2. The second-order valence-corrected chi connectivity index (χ2v) is 8.55. The van der Waals surface area contributed by atoms with Gasteiger partial charge in [-0.15, -0.1) is 0 Å². The summed E-state index contributed by atoms with van der Waals surface area (Å²) in [6.07, 6.45) is 0. The number of nitriles is 1. The maximum atomic E-state index is 10.1. The first-order chi connectivity index (χ1) is 10.1. The molecule has 6 nitrogen and oxygen atoms in total. The molecule has 21 heavy (non-hydrogen) atoms. The summed E-state index contributed by atoms with van der Waals surface area (Å²) in [6, 6.07) is 15.0. The predicted octanol–water partition coefficient (Wildman–Crippen LogP) is 3.35. The van der Waals surface area contributed by atoms with E-state index in [-0.39, 0.29) is 0 Å². The number of benzene rings is 2. The van der Waals surface area contributed by atoms with Gasteiger partial charge in [-0.1, -0.05) is 0 Å². The summed E-state index contributed by atoms with van der Waals surface area (Å²) in [5, 5.41) is 9.79. The molecule has 1 fully saturated rings. The van der Waals surface area contributed by atoms with Crippen molar-refractivity contribution in [2.45, 2.75) is 0 Å². The molecule has 0 saturated carbocycles. The van der Waals surface area contributed by atoms with Gasteiger partial charge in [0, 0.05) is 0 Å². The van der Waals surface area contributed by atoms with Crippen molar-refractivity contribution in [3.63, 3.8) is 0 Å². The second-order valence-electron chi connectivity index (χ2n) is 4.53. The molecule has 1 saturated heterocycles. The van der Waals surface area contributed by atoms with Crippen molar-refractivity contribution in [3.05, 3.63) is 48.5 Å². The number of fused-ring (bicyclic) bond motifs is 3. The molecule has 0 aromatic heterocycles. The molecule has 0 aliphatic carbocycles. The van der Waals surface area contributed by atoms with E-state index in [0.717, 1.165) is 16.4 Å². The molecular formula is C13H9NO5P2. The third-order valence-corrected chi connectivity index (χ3v) is 6.90. The van der Waals surface area contributed by atoms with E-state index in [9.17, 15) is 4.89 Å². The first-order valence-electron chi connectivity index (χ1n) is 6.06. The quantitative estimate of drug-likeness (QED) is 0.518. The van der Waals surface area contributed by atoms with Crippen LogP contribution in [0.15, 0.2) is 48.5 Å². The minimum atomic E-state index is -4.57. The van der Waals surface area contributed by atoms with Crippen LogP contribution < -0.4 is 9.83 Å². The average molecular weight is 321 g/mol. The van der Waals surface area contributed by atoms with Crippen molar-refractivity contribution in [2.75, 3.05) is 0 Å². The van der Waals surface area contributed by atoms with Gasteiger partial charge < -0.3 is 0 Å². The summed E-state index contributed by atoms with van der Waals surface area (Å²) in [7, 11) is -6.29. The van der Waals surface area contributed by atoms with E-state index in [4.69, 9.17) is 14.1 Å². The van der Waals surface area contributed by atoms with Crippen LogP contribution in [0.4, 0.5) is 0 Å². The molecule has 0 spiro atoms.